The summed E-state index contributed by atoms with van der Waals surface area (Å²) in [6.45, 7) is 5.40. The Balaban J connectivity index is 2.35. The van der Waals surface area contributed by atoms with Gasteiger partial charge in [-0.05, 0) is 25.7 Å². The first-order chi connectivity index (χ1) is 6.18. The molecule has 2 N–H and O–H groups in total. The minimum Gasteiger partial charge on any atom is -0.334 e. The van der Waals surface area contributed by atoms with Crippen LogP contribution in [0.2, 0.25) is 0 Å². The third-order valence-corrected chi connectivity index (χ3v) is 2.81. The van der Waals surface area contributed by atoms with Crippen molar-refractivity contribution in [1.29, 1.82) is 0 Å². The first-order valence-electron chi connectivity index (χ1n) is 4.98. The summed E-state index contributed by atoms with van der Waals surface area (Å²) in [6, 6.07) is 0.0709. The number of imidazole rings is 1. The molecule has 1 aliphatic heterocycles. The first-order valence-corrected chi connectivity index (χ1v) is 4.98. The van der Waals surface area contributed by atoms with Crippen LogP contribution in [0.5, 0.6) is 0 Å². The molecule has 0 bridgehead atoms. The molecule has 1 aromatic rings. The van der Waals surface area contributed by atoms with E-state index >= 15 is 0 Å². The van der Waals surface area contributed by atoms with Gasteiger partial charge in [0.1, 0.15) is 0 Å². The molecule has 72 valence electrons. The van der Waals surface area contributed by atoms with E-state index in [1.165, 1.54) is 12.1 Å². The summed E-state index contributed by atoms with van der Waals surface area (Å²) < 4.78 is 2.25. The molecule has 3 nitrogen and oxygen atoms in total. The zero-order chi connectivity index (χ0) is 9.42. The lowest BCUT2D eigenvalue weighted by Crippen LogP contribution is -2.19. The van der Waals surface area contributed by atoms with E-state index in [4.69, 9.17) is 5.73 Å². The highest BCUT2D eigenvalue weighted by Crippen LogP contribution is 2.24. The maximum atomic E-state index is 5.85. The van der Waals surface area contributed by atoms with Crippen LogP contribution in [0.3, 0.4) is 0 Å². The molecule has 1 aliphatic rings. The van der Waals surface area contributed by atoms with E-state index in [2.05, 4.69) is 16.5 Å². The number of hydrogen-bond donors (Lipinski definition) is 1. The molecule has 0 fully saturated rings. The van der Waals surface area contributed by atoms with Crippen LogP contribution in [-0.4, -0.2) is 9.55 Å². The maximum absolute atomic E-state index is 5.85. The largest absolute Gasteiger partial charge is 0.334 e. The van der Waals surface area contributed by atoms with Gasteiger partial charge in [-0.25, -0.2) is 4.98 Å². The van der Waals surface area contributed by atoms with Crippen molar-refractivity contribution < 1.29 is 0 Å². The normalized spacial score (nSPS) is 24.1. The Morgan fingerprint density at radius 2 is 2.46 bits per heavy atom. The molecular weight excluding hydrogens is 162 g/mol. The smallest absolute Gasteiger partial charge is 0.0952 e. The van der Waals surface area contributed by atoms with Gasteiger partial charge in [-0.2, -0.15) is 0 Å². The Bertz CT molecular complexity index is 301. The molecule has 0 saturated carbocycles. The molecule has 2 rings (SSSR count). The maximum Gasteiger partial charge on any atom is 0.0952 e. The summed E-state index contributed by atoms with van der Waals surface area (Å²) in [5, 5.41) is 0. The Kier molecular flexibility index (Phi) is 2.12. The topological polar surface area (TPSA) is 43.8 Å². The van der Waals surface area contributed by atoms with E-state index in [0.29, 0.717) is 0 Å². The highest BCUT2D eigenvalue weighted by Gasteiger charge is 2.20. The van der Waals surface area contributed by atoms with Gasteiger partial charge in [-0.15, -0.1) is 0 Å². The van der Waals surface area contributed by atoms with Crippen molar-refractivity contribution in [1.82, 2.24) is 9.55 Å². The number of nitrogens with zero attached hydrogens (tertiary/aromatic N) is 2. The standard InChI is InChI=1S/C10H17N3/c1-7-3-4-13-6-12-10(8(2)11)9(13)5-7/h6-8H,3-5,11H2,1-2H3. The summed E-state index contributed by atoms with van der Waals surface area (Å²) >= 11 is 0. The quantitative estimate of drug-likeness (QED) is 0.709. The SMILES string of the molecule is CC1CCn2cnc(C(C)N)c2C1. The van der Waals surface area contributed by atoms with Crippen molar-refractivity contribution in [3.05, 3.63) is 17.7 Å². The van der Waals surface area contributed by atoms with Crippen LogP contribution in [0.25, 0.3) is 0 Å². The molecule has 1 aromatic heterocycles. The number of fused-ring (bicyclic) bond motifs is 1. The molecule has 2 atom stereocenters. The molecule has 2 heterocycles. The second kappa shape index (κ2) is 3.14. The third-order valence-electron chi connectivity index (χ3n) is 2.81. The molecule has 2 unspecified atom stereocenters. The lowest BCUT2D eigenvalue weighted by Gasteiger charge is -2.21. The highest BCUT2D eigenvalue weighted by molar-refractivity contribution is 5.18. The van der Waals surface area contributed by atoms with E-state index < -0.39 is 0 Å². The average Bonchev–Trinajstić information content (AvgIpc) is 2.46. The number of rotatable bonds is 1. The van der Waals surface area contributed by atoms with Gasteiger partial charge >= 0.3 is 0 Å². The van der Waals surface area contributed by atoms with Gasteiger partial charge in [0.15, 0.2) is 0 Å². The van der Waals surface area contributed by atoms with Crippen LogP contribution >= 0.6 is 0 Å². The van der Waals surface area contributed by atoms with Crippen molar-refractivity contribution in [2.75, 3.05) is 0 Å². The highest BCUT2D eigenvalue weighted by atomic mass is 15.1. The zero-order valence-corrected chi connectivity index (χ0v) is 8.33. The van der Waals surface area contributed by atoms with E-state index in [1.54, 1.807) is 0 Å². The predicted molar refractivity (Wildman–Crippen MR) is 52.3 cm³/mol. The van der Waals surface area contributed by atoms with Gasteiger partial charge < -0.3 is 10.3 Å². The van der Waals surface area contributed by atoms with E-state index in [-0.39, 0.29) is 6.04 Å². The summed E-state index contributed by atoms with van der Waals surface area (Å²) in [7, 11) is 0. The minimum absolute atomic E-state index is 0.0709. The van der Waals surface area contributed by atoms with Gasteiger partial charge in [-0.1, -0.05) is 6.92 Å². The molecule has 13 heavy (non-hydrogen) atoms. The zero-order valence-electron chi connectivity index (χ0n) is 8.33. The molecule has 0 aliphatic carbocycles. The van der Waals surface area contributed by atoms with Crippen LogP contribution < -0.4 is 5.73 Å². The van der Waals surface area contributed by atoms with Crippen molar-refractivity contribution >= 4 is 0 Å². The Morgan fingerprint density at radius 3 is 3.15 bits per heavy atom. The van der Waals surface area contributed by atoms with E-state index in [9.17, 15) is 0 Å². The van der Waals surface area contributed by atoms with E-state index in [0.717, 1.165) is 24.6 Å². The predicted octanol–water partition coefficient (Wildman–Crippen LogP) is 1.49. The summed E-state index contributed by atoms with van der Waals surface area (Å²) in [5.41, 5.74) is 8.30. The Labute approximate surface area is 79.0 Å². The van der Waals surface area contributed by atoms with Gasteiger partial charge in [0.2, 0.25) is 0 Å². The monoisotopic (exact) mass is 179 g/mol. The van der Waals surface area contributed by atoms with Crippen molar-refractivity contribution in [3.63, 3.8) is 0 Å². The summed E-state index contributed by atoms with van der Waals surface area (Å²) in [4.78, 5) is 4.37. The third kappa shape index (κ3) is 1.48. The fraction of sp³-hybridized carbons (Fsp3) is 0.700. The Hall–Kier alpha value is -0.830. The second-order valence-corrected chi connectivity index (χ2v) is 4.16. The average molecular weight is 179 g/mol. The lowest BCUT2D eigenvalue weighted by atomic mass is 9.96. The lowest BCUT2D eigenvalue weighted by molar-refractivity contribution is 0.413. The molecule has 0 amide bonds. The van der Waals surface area contributed by atoms with Gasteiger partial charge in [-0.3, -0.25) is 0 Å². The molecule has 0 aromatic carbocycles. The van der Waals surface area contributed by atoms with Crippen LogP contribution in [0, 0.1) is 5.92 Å². The fourth-order valence-corrected chi connectivity index (χ4v) is 2.01. The van der Waals surface area contributed by atoms with Crippen LogP contribution in [0.4, 0.5) is 0 Å². The molecule has 0 radical (unpaired) electrons. The molecule has 0 saturated heterocycles. The van der Waals surface area contributed by atoms with E-state index in [1.807, 2.05) is 13.3 Å². The first kappa shape index (κ1) is 8.75. The minimum atomic E-state index is 0.0709. The fourth-order valence-electron chi connectivity index (χ4n) is 2.01. The number of hydrogen-bond acceptors (Lipinski definition) is 2. The number of nitrogens with two attached hydrogens (primary N) is 1. The second-order valence-electron chi connectivity index (χ2n) is 4.16. The van der Waals surface area contributed by atoms with Gasteiger partial charge in [0.05, 0.1) is 12.0 Å². The van der Waals surface area contributed by atoms with Crippen LogP contribution in [0.15, 0.2) is 6.33 Å². The van der Waals surface area contributed by atoms with Gasteiger partial charge in [0, 0.05) is 18.3 Å². The van der Waals surface area contributed by atoms with Crippen molar-refractivity contribution in [3.8, 4) is 0 Å². The van der Waals surface area contributed by atoms with Gasteiger partial charge in [0.25, 0.3) is 0 Å². The molecule has 3 heteroatoms. The summed E-state index contributed by atoms with van der Waals surface area (Å²) in [6.07, 6.45) is 4.33. The number of aromatic nitrogens is 2. The summed E-state index contributed by atoms with van der Waals surface area (Å²) in [5.74, 6) is 0.779. The Morgan fingerprint density at radius 1 is 1.69 bits per heavy atom. The van der Waals surface area contributed by atoms with Crippen molar-refractivity contribution in [2.24, 2.45) is 11.7 Å². The molecular formula is C10H17N3. The molecule has 0 spiro atoms. The van der Waals surface area contributed by atoms with Crippen LogP contribution in [-0.2, 0) is 13.0 Å². The number of aryl methyl sites for hydroxylation is 1. The van der Waals surface area contributed by atoms with Crippen LogP contribution in [0.1, 0.15) is 37.7 Å². The van der Waals surface area contributed by atoms with Crippen molar-refractivity contribution in [2.45, 2.75) is 39.3 Å².